The molecule has 2 N–H and O–H groups in total. The monoisotopic (exact) mass is 332 g/mol. The Morgan fingerprint density at radius 3 is 2.79 bits per heavy atom. The number of nitrogens with zero attached hydrogens (tertiary/aromatic N) is 2. The lowest BCUT2D eigenvalue weighted by Crippen LogP contribution is -2.39. The van der Waals surface area contributed by atoms with Crippen molar-refractivity contribution in [1.82, 2.24) is 5.32 Å². The molecular weight excluding hydrogens is 312 g/mol. The van der Waals surface area contributed by atoms with Gasteiger partial charge in [0, 0.05) is 43.3 Å². The van der Waals surface area contributed by atoms with Crippen LogP contribution < -0.4 is 10.6 Å². The zero-order valence-electron chi connectivity index (χ0n) is 13.2. The van der Waals surface area contributed by atoms with Gasteiger partial charge in [0.05, 0.1) is 17.6 Å². The van der Waals surface area contributed by atoms with Gasteiger partial charge >= 0.3 is 0 Å². The average Bonchev–Trinajstić information content (AvgIpc) is 3.11. The summed E-state index contributed by atoms with van der Waals surface area (Å²) in [7, 11) is 0. The van der Waals surface area contributed by atoms with E-state index in [1.165, 1.54) is 12.1 Å². The Bertz CT molecular complexity index is 605. The van der Waals surface area contributed by atoms with Crippen LogP contribution in [0.1, 0.15) is 19.3 Å². The van der Waals surface area contributed by atoms with Crippen molar-refractivity contribution in [3.8, 4) is 6.07 Å². The summed E-state index contributed by atoms with van der Waals surface area (Å²) in [5, 5.41) is 25.5. The predicted molar refractivity (Wildman–Crippen MR) is 87.3 cm³/mol. The van der Waals surface area contributed by atoms with Crippen LogP contribution in [0.2, 0.25) is 0 Å². The number of amides is 1. The molecule has 1 saturated heterocycles. The van der Waals surface area contributed by atoms with Crippen LogP contribution in [0.15, 0.2) is 24.3 Å². The summed E-state index contributed by atoms with van der Waals surface area (Å²) in [6.45, 7) is 1.72. The fourth-order valence-corrected chi connectivity index (χ4v) is 2.50. The van der Waals surface area contributed by atoms with Crippen molar-refractivity contribution >= 4 is 17.3 Å². The first-order valence-electron chi connectivity index (χ1n) is 7.85. The van der Waals surface area contributed by atoms with E-state index < -0.39 is 11.0 Å². The number of nitro groups is 1. The normalized spacial score (nSPS) is 17.7. The molecule has 1 aromatic rings. The fourth-order valence-electron chi connectivity index (χ4n) is 2.50. The van der Waals surface area contributed by atoms with Crippen molar-refractivity contribution in [2.45, 2.75) is 25.3 Å². The Kier molecular flexibility index (Phi) is 6.51. The van der Waals surface area contributed by atoms with E-state index in [1.54, 1.807) is 12.1 Å². The number of benzene rings is 1. The van der Waals surface area contributed by atoms with Crippen LogP contribution in [-0.2, 0) is 9.53 Å². The van der Waals surface area contributed by atoms with Gasteiger partial charge in [-0.2, -0.15) is 5.26 Å². The van der Waals surface area contributed by atoms with Gasteiger partial charge in [-0.15, -0.1) is 0 Å². The zero-order chi connectivity index (χ0) is 17.4. The number of hydrogen-bond acceptors (Lipinski definition) is 6. The molecule has 0 spiro atoms. The second kappa shape index (κ2) is 8.84. The average molecular weight is 332 g/mol. The lowest BCUT2D eigenvalue weighted by atomic mass is 10.00. The smallest absolute Gasteiger partial charge is 0.269 e. The topological polar surface area (TPSA) is 117 Å². The zero-order valence-corrected chi connectivity index (χ0v) is 13.2. The van der Waals surface area contributed by atoms with Crippen molar-refractivity contribution < 1.29 is 14.5 Å². The highest BCUT2D eigenvalue weighted by atomic mass is 16.6. The number of carbonyl (C=O) groups excluding carboxylic acids is 1. The van der Waals surface area contributed by atoms with Gasteiger partial charge in [-0.1, -0.05) is 0 Å². The molecule has 128 valence electrons. The maximum Gasteiger partial charge on any atom is 0.269 e. The quantitative estimate of drug-likeness (QED) is 0.426. The van der Waals surface area contributed by atoms with E-state index in [9.17, 15) is 14.9 Å². The molecule has 1 fully saturated rings. The molecule has 0 radical (unpaired) electrons. The molecule has 0 unspecified atom stereocenters. The number of non-ortho nitro benzene ring substituents is 1. The Morgan fingerprint density at radius 1 is 1.46 bits per heavy atom. The molecule has 1 aliphatic rings. The van der Waals surface area contributed by atoms with E-state index in [1.807, 2.05) is 0 Å². The molecule has 1 aliphatic heterocycles. The number of nitrogens with one attached hydrogen (secondary N) is 2. The molecule has 1 aromatic carbocycles. The highest BCUT2D eigenvalue weighted by Gasteiger charge is 2.26. The summed E-state index contributed by atoms with van der Waals surface area (Å²) in [6.07, 6.45) is 1.70. The molecule has 2 atom stereocenters. The van der Waals surface area contributed by atoms with Crippen LogP contribution in [0.25, 0.3) is 0 Å². The van der Waals surface area contributed by atoms with Gasteiger partial charge in [0.1, 0.15) is 6.04 Å². The molecule has 0 aromatic heterocycles. The molecule has 24 heavy (non-hydrogen) atoms. The fraction of sp³-hybridized carbons (Fsp3) is 0.500. The number of nitriles is 1. The van der Waals surface area contributed by atoms with Crippen LogP contribution in [0, 0.1) is 27.4 Å². The van der Waals surface area contributed by atoms with Crippen molar-refractivity contribution in [3.63, 3.8) is 0 Å². The molecular formula is C16H20N4O4. The van der Waals surface area contributed by atoms with Crippen LogP contribution in [-0.4, -0.2) is 36.6 Å². The second-order valence-electron chi connectivity index (χ2n) is 5.63. The first-order valence-corrected chi connectivity index (χ1v) is 7.85. The van der Waals surface area contributed by atoms with Crippen molar-refractivity contribution in [2.24, 2.45) is 5.92 Å². The van der Waals surface area contributed by atoms with Crippen molar-refractivity contribution in [1.29, 1.82) is 5.26 Å². The Morgan fingerprint density at radius 2 is 2.21 bits per heavy atom. The number of nitro benzene ring substituents is 1. The van der Waals surface area contributed by atoms with Crippen LogP contribution in [0.5, 0.6) is 0 Å². The van der Waals surface area contributed by atoms with Gasteiger partial charge in [0.15, 0.2) is 0 Å². The maximum atomic E-state index is 11.9. The van der Waals surface area contributed by atoms with Gasteiger partial charge in [0.2, 0.25) is 5.91 Å². The number of hydrogen-bond donors (Lipinski definition) is 2. The maximum absolute atomic E-state index is 11.9. The first-order chi connectivity index (χ1) is 11.6. The molecule has 0 bridgehead atoms. The summed E-state index contributed by atoms with van der Waals surface area (Å²) in [6, 6.07) is 7.74. The minimum atomic E-state index is -0.498. The minimum absolute atomic E-state index is 0.0402. The summed E-state index contributed by atoms with van der Waals surface area (Å²) < 4.78 is 5.24. The van der Waals surface area contributed by atoms with Gasteiger partial charge in [-0.05, 0) is 25.0 Å². The molecule has 0 saturated carbocycles. The highest BCUT2D eigenvalue weighted by molar-refractivity contribution is 5.76. The second-order valence-corrected chi connectivity index (χ2v) is 5.63. The summed E-state index contributed by atoms with van der Waals surface area (Å²) >= 11 is 0. The van der Waals surface area contributed by atoms with Gasteiger partial charge in [0.25, 0.3) is 5.69 Å². The third kappa shape index (κ3) is 5.21. The Labute approximate surface area is 139 Å². The summed E-state index contributed by atoms with van der Waals surface area (Å²) in [5.41, 5.74) is 0.803. The molecule has 1 heterocycles. The first kappa shape index (κ1) is 17.7. The third-order valence-corrected chi connectivity index (χ3v) is 3.88. The lowest BCUT2D eigenvalue weighted by Gasteiger charge is -2.16. The number of rotatable bonds is 8. The van der Waals surface area contributed by atoms with Crippen molar-refractivity contribution in [2.75, 3.05) is 25.1 Å². The number of carbonyl (C=O) groups is 1. The summed E-state index contributed by atoms with van der Waals surface area (Å²) in [4.78, 5) is 22.0. The Balaban J connectivity index is 1.67. The van der Waals surface area contributed by atoms with E-state index in [4.69, 9.17) is 10.00 Å². The Hall–Kier alpha value is -2.66. The van der Waals surface area contributed by atoms with Crippen molar-refractivity contribution in [3.05, 3.63) is 34.4 Å². The van der Waals surface area contributed by atoms with Gasteiger partial charge in [-0.25, -0.2) is 0 Å². The van der Waals surface area contributed by atoms with Crippen LogP contribution in [0.4, 0.5) is 11.4 Å². The van der Waals surface area contributed by atoms with E-state index in [-0.39, 0.29) is 17.5 Å². The minimum Gasteiger partial charge on any atom is -0.385 e. The molecule has 2 rings (SSSR count). The molecule has 8 nitrogen and oxygen atoms in total. The van der Waals surface area contributed by atoms with Crippen LogP contribution >= 0.6 is 0 Å². The van der Waals surface area contributed by atoms with E-state index in [0.29, 0.717) is 32.6 Å². The molecule has 0 aliphatic carbocycles. The standard InChI is InChI=1S/C16H20N4O4/c17-10-15(12-7-9-24-11-12)19-16(21)2-1-8-18-13-3-5-14(6-4-13)20(22)23/h3-6,12,15,18H,1-2,7-9,11H2,(H,19,21)/t12-,15+/m0/s1. The SMILES string of the molecule is N#C[C@@H](NC(=O)CCCNc1ccc([N+](=O)[O-])cc1)[C@H]1CCOC1. The number of ether oxygens (including phenoxy) is 1. The number of anilines is 1. The molecule has 8 heteroatoms. The van der Waals surface area contributed by atoms with E-state index >= 15 is 0 Å². The largest absolute Gasteiger partial charge is 0.385 e. The van der Waals surface area contributed by atoms with E-state index in [0.717, 1.165) is 12.1 Å². The van der Waals surface area contributed by atoms with Gasteiger partial charge < -0.3 is 15.4 Å². The lowest BCUT2D eigenvalue weighted by molar-refractivity contribution is -0.384. The predicted octanol–water partition coefficient (Wildman–Crippen LogP) is 1.83. The highest BCUT2D eigenvalue weighted by Crippen LogP contribution is 2.17. The van der Waals surface area contributed by atoms with Gasteiger partial charge in [-0.3, -0.25) is 14.9 Å². The van der Waals surface area contributed by atoms with E-state index in [2.05, 4.69) is 16.7 Å². The van der Waals surface area contributed by atoms with Crippen LogP contribution in [0.3, 0.4) is 0 Å². The summed E-state index contributed by atoms with van der Waals surface area (Å²) in [5.74, 6) is -0.0869. The molecule has 1 amide bonds. The third-order valence-electron chi connectivity index (χ3n) is 3.88.